The Morgan fingerprint density at radius 1 is 1.50 bits per heavy atom. The van der Waals surface area contributed by atoms with E-state index in [-0.39, 0.29) is 0 Å². The van der Waals surface area contributed by atoms with Gasteiger partial charge in [0.05, 0.1) is 10.2 Å². The van der Waals surface area contributed by atoms with Gasteiger partial charge in [-0.1, -0.05) is 13.3 Å². The van der Waals surface area contributed by atoms with Gasteiger partial charge in [0.15, 0.2) is 5.65 Å². The Kier molecular flexibility index (Phi) is 3.19. The van der Waals surface area contributed by atoms with Crippen LogP contribution in [-0.2, 0) is 6.42 Å². The molecule has 2 heterocycles. The monoisotopic (exact) mass is 281 g/mol. The molecule has 0 spiro atoms. The Labute approximate surface area is 104 Å². The van der Waals surface area contributed by atoms with Gasteiger partial charge in [-0.3, -0.25) is 0 Å². The van der Waals surface area contributed by atoms with Crippen LogP contribution in [0.15, 0.2) is 16.7 Å². The summed E-state index contributed by atoms with van der Waals surface area (Å²) < 4.78 is 3.10. The second kappa shape index (κ2) is 4.45. The Balaban J connectivity index is 2.59. The lowest BCUT2D eigenvalue weighted by Crippen LogP contribution is -1.97. The highest BCUT2D eigenvalue weighted by Crippen LogP contribution is 2.24. The van der Waals surface area contributed by atoms with E-state index in [1.54, 1.807) is 0 Å². The van der Waals surface area contributed by atoms with E-state index in [4.69, 9.17) is 5.73 Å². The predicted molar refractivity (Wildman–Crippen MR) is 70.7 cm³/mol. The number of anilines is 1. The van der Waals surface area contributed by atoms with Crippen LogP contribution in [0, 0.1) is 6.92 Å². The lowest BCUT2D eigenvalue weighted by atomic mass is 10.2. The minimum absolute atomic E-state index is 0.653. The van der Waals surface area contributed by atoms with Gasteiger partial charge in [0.25, 0.3) is 0 Å². The van der Waals surface area contributed by atoms with Gasteiger partial charge in [0, 0.05) is 6.20 Å². The maximum absolute atomic E-state index is 5.96. The summed E-state index contributed by atoms with van der Waals surface area (Å²) in [5.74, 6) is 0.653. The summed E-state index contributed by atoms with van der Waals surface area (Å²) in [7, 11) is 0. The molecule has 0 aliphatic heterocycles. The van der Waals surface area contributed by atoms with Gasteiger partial charge in [0.1, 0.15) is 5.82 Å². The number of nitrogens with zero attached hydrogens (tertiary/aromatic N) is 2. The number of aromatic nitrogens is 2. The Morgan fingerprint density at radius 2 is 2.25 bits per heavy atom. The molecule has 0 saturated carbocycles. The summed E-state index contributed by atoms with van der Waals surface area (Å²) in [4.78, 5) is 4.40. The molecule has 2 aromatic rings. The maximum atomic E-state index is 5.96. The molecule has 86 valence electrons. The topological polar surface area (TPSA) is 43.3 Å². The molecule has 0 radical (unpaired) electrons. The second-order valence-electron chi connectivity index (χ2n) is 4.11. The third kappa shape index (κ3) is 1.94. The van der Waals surface area contributed by atoms with Crippen LogP contribution in [0.5, 0.6) is 0 Å². The molecule has 0 unspecified atom stereocenters. The number of hydrogen-bond acceptors (Lipinski definition) is 2. The summed E-state index contributed by atoms with van der Waals surface area (Å²) in [6.07, 6.45) is 5.39. The quantitative estimate of drug-likeness (QED) is 0.938. The zero-order valence-corrected chi connectivity index (χ0v) is 11.2. The summed E-state index contributed by atoms with van der Waals surface area (Å²) in [6.45, 7) is 4.25. The summed E-state index contributed by atoms with van der Waals surface area (Å²) in [5, 5.41) is 0. The third-order valence-electron chi connectivity index (χ3n) is 2.71. The number of unbranched alkanes of at least 4 members (excludes halogenated alkanes) is 1. The van der Waals surface area contributed by atoms with Gasteiger partial charge in [-0.15, -0.1) is 0 Å². The summed E-state index contributed by atoms with van der Waals surface area (Å²) in [6, 6.07) is 2.06. The highest BCUT2D eigenvalue weighted by atomic mass is 79.9. The normalized spacial score (nSPS) is 11.2. The molecular formula is C12H16BrN3. The number of imidazole rings is 1. The van der Waals surface area contributed by atoms with E-state index in [0.717, 1.165) is 28.7 Å². The Bertz CT molecular complexity index is 516. The van der Waals surface area contributed by atoms with Crippen LogP contribution < -0.4 is 5.73 Å². The lowest BCUT2D eigenvalue weighted by molar-refractivity contribution is 0.771. The van der Waals surface area contributed by atoms with E-state index in [1.165, 1.54) is 12.0 Å². The number of rotatable bonds is 3. The molecule has 3 nitrogen and oxygen atoms in total. The van der Waals surface area contributed by atoms with Crippen LogP contribution in [-0.4, -0.2) is 9.38 Å². The molecule has 2 aromatic heterocycles. The van der Waals surface area contributed by atoms with Crippen LogP contribution in [0.25, 0.3) is 5.65 Å². The molecule has 2 rings (SSSR count). The standard InChI is InChI=1S/C12H16BrN3/c1-3-4-5-10-11(14)15-12-9(13)6-8(2)7-16(10)12/h6-7H,3-5,14H2,1-2H3. The molecule has 0 bridgehead atoms. The highest BCUT2D eigenvalue weighted by molar-refractivity contribution is 9.10. The molecule has 0 aliphatic carbocycles. The maximum Gasteiger partial charge on any atom is 0.153 e. The van der Waals surface area contributed by atoms with Crippen molar-refractivity contribution in [3.63, 3.8) is 0 Å². The molecular weight excluding hydrogens is 266 g/mol. The molecule has 2 N–H and O–H groups in total. The molecule has 0 atom stereocenters. The smallest absolute Gasteiger partial charge is 0.153 e. The molecule has 16 heavy (non-hydrogen) atoms. The van der Waals surface area contributed by atoms with E-state index in [1.807, 2.05) is 0 Å². The molecule has 0 amide bonds. The number of aryl methyl sites for hydroxylation is 2. The van der Waals surface area contributed by atoms with Crippen molar-refractivity contribution < 1.29 is 0 Å². The van der Waals surface area contributed by atoms with Gasteiger partial charge in [-0.2, -0.15) is 0 Å². The highest BCUT2D eigenvalue weighted by Gasteiger charge is 2.11. The molecule has 4 heteroatoms. The van der Waals surface area contributed by atoms with Crippen LogP contribution in [0.3, 0.4) is 0 Å². The molecule has 0 saturated heterocycles. The fourth-order valence-corrected chi connectivity index (χ4v) is 2.53. The predicted octanol–water partition coefficient (Wildman–Crippen LogP) is 3.33. The van der Waals surface area contributed by atoms with E-state index in [0.29, 0.717) is 5.82 Å². The number of nitrogen functional groups attached to an aromatic ring is 1. The first-order valence-electron chi connectivity index (χ1n) is 5.56. The number of pyridine rings is 1. The minimum atomic E-state index is 0.653. The van der Waals surface area contributed by atoms with Crippen molar-refractivity contribution >= 4 is 27.4 Å². The lowest BCUT2D eigenvalue weighted by Gasteiger charge is -2.04. The minimum Gasteiger partial charge on any atom is -0.382 e. The summed E-state index contributed by atoms with van der Waals surface area (Å²) >= 11 is 3.52. The number of nitrogens with two attached hydrogens (primary N) is 1. The van der Waals surface area contributed by atoms with E-state index < -0.39 is 0 Å². The van der Waals surface area contributed by atoms with Gasteiger partial charge >= 0.3 is 0 Å². The van der Waals surface area contributed by atoms with Crippen molar-refractivity contribution in [3.05, 3.63) is 28.0 Å². The zero-order chi connectivity index (χ0) is 11.7. The zero-order valence-electron chi connectivity index (χ0n) is 9.63. The third-order valence-corrected chi connectivity index (χ3v) is 3.29. The van der Waals surface area contributed by atoms with Crippen LogP contribution in [0.1, 0.15) is 31.0 Å². The Hall–Kier alpha value is -1.03. The second-order valence-corrected chi connectivity index (χ2v) is 4.96. The molecule has 0 aliphatic rings. The fourth-order valence-electron chi connectivity index (χ4n) is 1.89. The first kappa shape index (κ1) is 11.5. The van der Waals surface area contributed by atoms with Crippen molar-refractivity contribution in [2.24, 2.45) is 0 Å². The van der Waals surface area contributed by atoms with Crippen molar-refractivity contribution in [1.82, 2.24) is 9.38 Å². The average Bonchev–Trinajstić information content (AvgIpc) is 2.53. The number of hydrogen-bond donors (Lipinski definition) is 1. The van der Waals surface area contributed by atoms with Crippen molar-refractivity contribution in [2.45, 2.75) is 33.1 Å². The SMILES string of the molecule is CCCCc1c(N)nc2c(Br)cc(C)cn12. The largest absolute Gasteiger partial charge is 0.382 e. The first-order valence-corrected chi connectivity index (χ1v) is 6.35. The van der Waals surface area contributed by atoms with Gasteiger partial charge in [0.2, 0.25) is 0 Å². The molecule has 0 aromatic carbocycles. The first-order chi connectivity index (χ1) is 7.63. The molecule has 0 fully saturated rings. The Morgan fingerprint density at radius 3 is 2.94 bits per heavy atom. The van der Waals surface area contributed by atoms with Gasteiger partial charge < -0.3 is 10.1 Å². The van der Waals surface area contributed by atoms with Gasteiger partial charge in [-0.05, 0) is 47.3 Å². The van der Waals surface area contributed by atoms with Crippen LogP contribution in [0.2, 0.25) is 0 Å². The fraction of sp³-hybridized carbons (Fsp3) is 0.417. The summed E-state index contributed by atoms with van der Waals surface area (Å²) in [5.41, 5.74) is 9.20. The average molecular weight is 282 g/mol. The van der Waals surface area contributed by atoms with Crippen molar-refractivity contribution in [1.29, 1.82) is 0 Å². The van der Waals surface area contributed by atoms with Crippen molar-refractivity contribution in [2.75, 3.05) is 5.73 Å². The number of halogens is 1. The van der Waals surface area contributed by atoms with Gasteiger partial charge in [-0.25, -0.2) is 4.98 Å². The van der Waals surface area contributed by atoms with Crippen LogP contribution >= 0.6 is 15.9 Å². The van der Waals surface area contributed by atoms with E-state index in [2.05, 4.69) is 51.4 Å². The van der Waals surface area contributed by atoms with E-state index >= 15 is 0 Å². The van der Waals surface area contributed by atoms with Crippen LogP contribution in [0.4, 0.5) is 5.82 Å². The van der Waals surface area contributed by atoms with Crippen molar-refractivity contribution in [3.8, 4) is 0 Å². The van der Waals surface area contributed by atoms with E-state index in [9.17, 15) is 0 Å². The number of fused-ring (bicyclic) bond motifs is 1.